The van der Waals surface area contributed by atoms with Crippen molar-refractivity contribution in [1.82, 2.24) is 14.1 Å². The number of imidazole rings is 1. The van der Waals surface area contributed by atoms with E-state index in [2.05, 4.69) is 17.1 Å². The molecule has 31 heavy (non-hydrogen) atoms. The third-order valence-electron chi connectivity index (χ3n) is 5.27. The summed E-state index contributed by atoms with van der Waals surface area (Å²) >= 11 is 1.48. The molecule has 1 N–H and O–H groups in total. The van der Waals surface area contributed by atoms with Gasteiger partial charge in [0, 0.05) is 34.9 Å². The number of pyridine rings is 1. The van der Waals surface area contributed by atoms with E-state index in [4.69, 9.17) is 0 Å². The standard InChI is InChI=1S/C24H22N4O2S/c1-16-8-18(5-6-21(16)27-12-17(2)26-15-27)9-20-10-19(11-25)13-28(24(20)30)22(14-29)23-4-3-7-31-23/h3-8,10,12-13,15,22,29H,9,14H2,1-2H3/t22-/m0/s1. The van der Waals surface area contributed by atoms with Gasteiger partial charge in [0.15, 0.2) is 0 Å². The monoisotopic (exact) mass is 430 g/mol. The second-order valence-electron chi connectivity index (χ2n) is 7.51. The highest BCUT2D eigenvalue weighted by atomic mass is 32.1. The molecule has 3 heterocycles. The third kappa shape index (κ3) is 4.22. The molecule has 0 saturated heterocycles. The van der Waals surface area contributed by atoms with Crippen molar-refractivity contribution in [3.63, 3.8) is 0 Å². The number of nitriles is 1. The van der Waals surface area contributed by atoms with Crippen LogP contribution in [0, 0.1) is 25.2 Å². The minimum Gasteiger partial charge on any atom is -0.394 e. The van der Waals surface area contributed by atoms with Gasteiger partial charge in [-0.1, -0.05) is 18.2 Å². The molecule has 0 aliphatic rings. The second kappa shape index (κ2) is 8.72. The Labute approximate surface area is 184 Å². The van der Waals surface area contributed by atoms with Gasteiger partial charge in [-0.2, -0.15) is 5.26 Å². The Morgan fingerprint density at radius 1 is 1.23 bits per heavy atom. The molecule has 3 aromatic heterocycles. The SMILES string of the molecule is Cc1cn(-c2ccc(Cc3cc(C#N)cn([C@@H](CO)c4cccs4)c3=O)cc2C)cn1. The van der Waals surface area contributed by atoms with Gasteiger partial charge in [0.25, 0.3) is 5.56 Å². The van der Waals surface area contributed by atoms with Crippen LogP contribution >= 0.6 is 11.3 Å². The molecule has 156 valence electrons. The number of hydrogen-bond acceptors (Lipinski definition) is 5. The van der Waals surface area contributed by atoms with Gasteiger partial charge in [-0.25, -0.2) is 4.98 Å². The topological polar surface area (TPSA) is 83.8 Å². The Kier molecular flexibility index (Phi) is 5.85. The number of hydrogen-bond donors (Lipinski definition) is 1. The van der Waals surface area contributed by atoms with Crippen molar-refractivity contribution < 1.29 is 5.11 Å². The van der Waals surface area contributed by atoms with Crippen molar-refractivity contribution in [3.8, 4) is 11.8 Å². The number of thiophene rings is 1. The van der Waals surface area contributed by atoms with Crippen LogP contribution in [-0.4, -0.2) is 25.8 Å². The van der Waals surface area contributed by atoms with Crippen LogP contribution < -0.4 is 5.56 Å². The Bertz CT molecular complexity index is 1310. The zero-order valence-corrected chi connectivity index (χ0v) is 18.1. The van der Waals surface area contributed by atoms with Crippen LogP contribution in [0.3, 0.4) is 0 Å². The first-order chi connectivity index (χ1) is 15.0. The fourth-order valence-corrected chi connectivity index (χ4v) is 4.58. The maximum Gasteiger partial charge on any atom is 0.254 e. The van der Waals surface area contributed by atoms with Crippen molar-refractivity contribution in [1.29, 1.82) is 5.26 Å². The van der Waals surface area contributed by atoms with Gasteiger partial charge < -0.3 is 14.2 Å². The van der Waals surface area contributed by atoms with Gasteiger partial charge in [-0.05, 0) is 48.6 Å². The minimum atomic E-state index is -0.506. The van der Waals surface area contributed by atoms with E-state index in [1.54, 1.807) is 12.4 Å². The molecule has 0 fully saturated rings. The number of aryl methyl sites for hydroxylation is 2. The van der Waals surface area contributed by atoms with Gasteiger partial charge in [-0.15, -0.1) is 11.3 Å². The van der Waals surface area contributed by atoms with Crippen LogP contribution in [-0.2, 0) is 6.42 Å². The molecule has 0 radical (unpaired) electrons. The maximum absolute atomic E-state index is 13.2. The van der Waals surface area contributed by atoms with Crippen molar-refractivity contribution in [2.45, 2.75) is 26.3 Å². The largest absolute Gasteiger partial charge is 0.394 e. The summed E-state index contributed by atoms with van der Waals surface area (Å²) < 4.78 is 3.46. The van der Waals surface area contributed by atoms with Crippen LogP contribution in [0.4, 0.5) is 0 Å². The molecule has 1 atom stereocenters. The molecular weight excluding hydrogens is 408 g/mol. The molecule has 0 aliphatic carbocycles. The fraction of sp³-hybridized carbons (Fsp3) is 0.208. The van der Waals surface area contributed by atoms with E-state index >= 15 is 0 Å². The third-order valence-corrected chi connectivity index (χ3v) is 6.25. The highest BCUT2D eigenvalue weighted by Gasteiger charge is 2.18. The molecule has 0 saturated carbocycles. The highest BCUT2D eigenvalue weighted by Crippen LogP contribution is 2.23. The van der Waals surface area contributed by atoms with Gasteiger partial charge >= 0.3 is 0 Å². The molecule has 0 aliphatic heterocycles. The number of aliphatic hydroxyl groups is 1. The van der Waals surface area contributed by atoms with Crippen molar-refractivity contribution in [2.75, 3.05) is 6.61 Å². The molecule has 4 aromatic rings. The summed E-state index contributed by atoms with van der Waals surface area (Å²) in [5, 5.41) is 21.4. The molecule has 1 aromatic carbocycles. The van der Waals surface area contributed by atoms with Gasteiger partial charge in [0.1, 0.15) is 6.07 Å². The maximum atomic E-state index is 13.2. The molecular formula is C24H22N4O2S. The van der Waals surface area contributed by atoms with Crippen molar-refractivity contribution in [2.24, 2.45) is 0 Å². The van der Waals surface area contributed by atoms with E-state index in [1.165, 1.54) is 22.1 Å². The number of aromatic nitrogens is 3. The van der Waals surface area contributed by atoms with Crippen molar-refractivity contribution in [3.05, 3.63) is 104 Å². The van der Waals surface area contributed by atoms with E-state index in [0.29, 0.717) is 17.5 Å². The lowest BCUT2D eigenvalue weighted by atomic mass is 10.0. The van der Waals surface area contributed by atoms with Gasteiger partial charge in [0.2, 0.25) is 0 Å². The summed E-state index contributed by atoms with van der Waals surface area (Å²) in [5.41, 5.74) is 4.75. The molecule has 4 rings (SSSR count). The summed E-state index contributed by atoms with van der Waals surface area (Å²) in [7, 11) is 0. The van der Waals surface area contributed by atoms with E-state index < -0.39 is 6.04 Å². The molecule has 0 bridgehead atoms. The number of rotatable bonds is 6. The molecule has 7 heteroatoms. The summed E-state index contributed by atoms with van der Waals surface area (Å²) in [6.45, 7) is 3.76. The highest BCUT2D eigenvalue weighted by molar-refractivity contribution is 7.10. The van der Waals surface area contributed by atoms with Crippen LogP contribution in [0.1, 0.15) is 38.9 Å². The molecule has 0 amide bonds. The minimum absolute atomic E-state index is 0.196. The van der Waals surface area contributed by atoms with Gasteiger partial charge in [0.05, 0.1) is 30.2 Å². The van der Waals surface area contributed by atoms with Gasteiger partial charge in [-0.3, -0.25) is 4.79 Å². The summed E-state index contributed by atoms with van der Waals surface area (Å²) in [4.78, 5) is 18.4. The predicted octanol–water partition coefficient (Wildman–Crippen LogP) is 3.76. The van der Waals surface area contributed by atoms with E-state index in [1.807, 2.05) is 54.3 Å². The quantitative estimate of drug-likeness (QED) is 0.505. The fourth-order valence-electron chi connectivity index (χ4n) is 3.77. The lowest BCUT2D eigenvalue weighted by molar-refractivity contribution is 0.248. The average molecular weight is 431 g/mol. The lowest BCUT2D eigenvalue weighted by Gasteiger charge is -2.18. The van der Waals surface area contributed by atoms with Crippen LogP contribution in [0.2, 0.25) is 0 Å². The first-order valence-corrected chi connectivity index (χ1v) is 10.8. The van der Waals surface area contributed by atoms with Crippen molar-refractivity contribution >= 4 is 11.3 Å². The molecule has 6 nitrogen and oxygen atoms in total. The lowest BCUT2D eigenvalue weighted by Crippen LogP contribution is -2.30. The summed E-state index contributed by atoms with van der Waals surface area (Å²) in [5.74, 6) is 0. The zero-order valence-electron chi connectivity index (χ0n) is 17.3. The van der Waals surface area contributed by atoms with E-state index in [0.717, 1.165) is 27.4 Å². The smallest absolute Gasteiger partial charge is 0.254 e. The normalized spacial score (nSPS) is 11.9. The Hall–Kier alpha value is -3.47. The first kappa shape index (κ1) is 20.8. The zero-order chi connectivity index (χ0) is 22.0. The Balaban J connectivity index is 1.71. The summed E-state index contributed by atoms with van der Waals surface area (Å²) in [6, 6.07) is 13.1. The van der Waals surface area contributed by atoms with Crippen LogP contribution in [0.5, 0.6) is 0 Å². The average Bonchev–Trinajstić information content (AvgIpc) is 3.43. The Morgan fingerprint density at radius 3 is 2.68 bits per heavy atom. The predicted molar refractivity (Wildman–Crippen MR) is 121 cm³/mol. The number of benzene rings is 1. The van der Waals surface area contributed by atoms with E-state index in [9.17, 15) is 15.2 Å². The number of aliphatic hydroxyl groups excluding tert-OH is 1. The summed E-state index contributed by atoms with van der Waals surface area (Å²) in [6.07, 6.45) is 5.69. The first-order valence-electron chi connectivity index (χ1n) is 9.90. The van der Waals surface area contributed by atoms with Crippen LogP contribution in [0.15, 0.2) is 65.3 Å². The van der Waals surface area contributed by atoms with E-state index in [-0.39, 0.29) is 12.2 Å². The molecule has 0 unspecified atom stereocenters. The second-order valence-corrected chi connectivity index (χ2v) is 8.49. The Morgan fingerprint density at radius 2 is 2.06 bits per heavy atom. The van der Waals surface area contributed by atoms with Crippen LogP contribution in [0.25, 0.3) is 5.69 Å². The molecule has 0 spiro atoms. The number of nitrogens with zero attached hydrogens (tertiary/aromatic N) is 4.